The highest BCUT2D eigenvalue weighted by molar-refractivity contribution is 6.05. The van der Waals surface area contributed by atoms with Gasteiger partial charge in [0.25, 0.3) is 11.8 Å². The molecule has 0 aliphatic carbocycles. The first-order valence-corrected chi connectivity index (χ1v) is 9.70. The molecule has 4 heteroatoms. The van der Waals surface area contributed by atoms with E-state index < -0.39 is 0 Å². The van der Waals surface area contributed by atoms with Gasteiger partial charge in [0.1, 0.15) is 5.70 Å². The topological polar surface area (TPSA) is 49.4 Å². The summed E-state index contributed by atoms with van der Waals surface area (Å²) in [5, 5.41) is 2.83. The summed E-state index contributed by atoms with van der Waals surface area (Å²) in [4.78, 5) is 27.8. The zero-order valence-corrected chi connectivity index (χ0v) is 16.0. The SMILES string of the molecule is O=C(NC(=Cc1ccccc1)C(=O)N1CCc2ccccc2C1)c1ccccc1. The number of carbonyl (C=O) groups is 2. The van der Waals surface area contributed by atoms with Crippen LogP contribution in [-0.2, 0) is 17.8 Å². The molecule has 0 spiro atoms. The minimum atomic E-state index is -0.293. The second-order valence-electron chi connectivity index (χ2n) is 7.03. The van der Waals surface area contributed by atoms with Crippen molar-refractivity contribution < 1.29 is 9.59 Å². The van der Waals surface area contributed by atoms with E-state index in [4.69, 9.17) is 0 Å². The number of rotatable bonds is 4. The molecule has 1 N–H and O–H groups in total. The maximum Gasteiger partial charge on any atom is 0.270 e. The van der Waals surface area contributed by atoms with Gasteiger partial charge in [0, 0.05) is 18.7 Å². The summed E-state index contributed by atoms with van der Waals surface area (Å²) in [6.07, 6.45) is 2.55. The van der Waals surface area contributed by atoms with Crippen LogP contribution in [0.1, 0.15) is 27.0 Å². The number of nitrogens with one attached hydrogen (secondary N) is 1. The fourth-order valence-corrected chi connectivity index (χ4v) is 3.49. The van der Waals surface area contributed by atoms with Gasteiger partial charge in [-0.2, -0.15) is 0 Å². The van der Waals surface area contributed by atoms with Crippen molar-refractivity contribution in [1.82, 2.24) is 10.2 Å². The fourth-order valence-electron chi connectivity index (χ4n) is 3.49. The first-order chi connectivity index (χ1) is 14.2. The van der Waals surface area contributed by atoms with Crippen LogP contribution in [0.2, 0.25) is 0 Å². The van der Waals surface area contributed by atoms with Gasteiger partial charge in [-0.15, -0.1) is 0 Å². The summed E-state index contributed by atoms with van der Waals surface area (Å²) in [6.45, 7) is 1.17. The van der Waals surface area contributed by atoms with Crippen molar-refractivity contribution in [1.29, 1.82) is 0 Å². The van der Waals surface area contributed by atoms with Crippen LogP contribution < -0.4 is 5.32 Å². The van der Waals surface area contributed by atoms with Crippen LogP contribution in [0.5, 0.6) is 0 Å². The lowest BCUT2D eigenvalue weighted by Gasteiger charge is -2.29. The van der Waals surface area contributed by atoms with E-state index in [-0.39, 0.29) is 17.5 Å². The Morgan fingerprint density at radius 1 is 0.793 bits per heavy atom. The molecule has 1 aliphatic rings. The van der Waals surface area contributed by atoms with Gasteiger partial charge >= 0.3 is 0 Å². The average Bonchev–Trinajstić information content (AvgIpc) is 2.79. The van der Waals surface area contributed by atoms with Gasteiger partial charge in [0.05, 0.1) is 0 Å². The Balaban J connectivity index is 1.61. The van der Waals surface area contributed by atoms with E-state index in [1.807, 2.05) is 48.5 Å². The standard InChI is InChI=1S/C25H22N2O2/c28-24(21-12-5-2-6-13-21)26-23(17-19-9-3-1-4-10-19)25(29)27-16-15-20-11-7-8-14-22(20)18-27/h1-14,17H,15-16,18H2,(H,26,28). The summed E-state index contributed by atoms with van der Waals surface area (Å²) >= 11 is 0. The molecule has 4 nitrogen and oxygen atoms in total. The largest absolute Gasteiger partial charge is 0.333 e. The third-order valence-electron chi connectivity index (χ3n) is 5.04. The molecule has 0 unspecified atom stereocenters. The van der Waals surface area contributed by atoms with Crippen LogP contribution in [0.4, 0.5) is 0 Å². The molecule has 0 bridgehead atoms. The quantitative estimate of drug-likeness (QED) is 0.693. The lowest BCUT2D eigenvalue weighted by atomic mass is 9.99. The van der Waals surface area contributed by atoms with Crippen LogP contribution >= 0.6 is 0 Å². The normalized spacial score (nSPS) is 13.5. The Kier molecular flexibility index (Phi) is 5.52. The van der Waals surface area contributed by atoms with Crippen LogP contribution in [0.3, 0.4) is 0 Å². The number of nitrogens with zero attached hydrogens (tertiary/aromatic N) is 1. The third kappa shape index (κ3) is 4.43. The van der Waals surface area contributed by atoms with Crippen molar-refractivity contribution in [3.8, 4) is 0 Å². The number of hydrogen-bond donors (Lipinski definition) is 1. The smallest absolute Gasteiger partial charge is 0.270 e. The zero-order valence-electron chi connectivity index (χ0n) is 16.0. The molecule has 4 rings (SSSR count). The molecule has 144 valence electrons. The maximum atomic E-state index is 13.3. The Labute approximate surface area is 170 Å². The monoisotopic (exact) mass is 382 g/mol. The molecule has 0 fully saturated rings. The lowest BCUT2D eigenvalue weighted by molar-refractivity contribution is -0.128. The first kappa shape index (κ1) is 18.7. The average molecular weight is 382 g/mol. The Morgan fingerprint density at radius 2 is 1.41 bits per heavy atom. The molecule has 0 aromatic heterocycles. The Morgan fingerprint density at radius 3 is 2.14 bits per heavy atom. The second-order valence-corrected chi connectivity index (χ2v) is 7.03. The van der Waals surface area contributed by atoms with Crippen molar-refractivity contribution in [2.75, 3.05) is 6.54 Å². The fraction of sp³-hybridized carbons (Fsp3) is 0.120. The first-order valence-electron chi connectivity index (χ1n) is 9.70. The molecule has 1 aliphatic heterocycles. The highest BCUT2D eigenvalue weighted by Crippen LogP contribution is 2.20. The van der Waals surface area contributed by atoms with Gasteiger partial charge in [0.2, 0.25) is 0 Å². The molecule has 0 atom stereocenters. The lowest BCUT2D eigenvalue weighted by Crippen LogP contribution is -2.41. The van der Waals surface area contributed by atoms with Gasteiger partial charge < -0.3 is 10.2 Å². The van der Waals surface area contributed by atoms with E-state index in [1.165, 1.54) is 5.56 Å². The molecule has 1 heterocycles. The van der Waals surface area contributed by atoms with E-state index >= 15 is 0 Å². The molecule has 3 aromatic carbocycles. The van der Waals surface area contributed by atoms with Crippen molar-refractivity contribution >= 4 is 17.9 Å². The zero-order chi connectivity index (χ0) is 20.1. The molecular weight excluding hydrogens is 360 g/mol. The molecule has 0 saturated heterocycles. The van der Waals surface area contributed by atoms with E-state index in [0.29, 0.717) is 18.7 Å². The van der Waals surface area contributed by atoms with Crippen LogP contribution in [0, 0.1) is 0 Å². The van der Waals surface area contributed by atoms with Crippen molar-refractivity contribution in [2.24, 2.45) is 0 Å². The number of benzene rings is 3. The van der Waals surface area contributed by atoms with Gasteiger partial charge in [-0.3, -0.25) is 9.59 Å². The predicted molar refractivity (Wildman–Crippen MR) is 114 cm³/mol. The minimum absolute atomic E-state index is 0.173. The van der Waals surface area contributed by atoms with Crippen LogP contribution in [0.15, 0.2) is 90.6 Å². The predicted octanol–water partition coefficient (Wildman–Crippen LogP) is 4.04. The maximum absolute atomic E-state index is 13.3. The molecule has 3 aromatic rings. The third-order valence-corrected chi connectivity index (χ3v) is 5.04. The van der Waals surface area contributed by atoms with Gasteiger partial charge in [-0.25, -0.2) is 0 Å². The molecule has 2 amide bonds. The van der Waals surface area contributed by atoms with Crippen molar-refractivity contribution in [3.05, 3.63) is 113 Å². The molecule has 29 heavy (non-hydrogen) atoms. The van der Waals surface area contributed by atoms with Crippen molar-refractivity contribution in [2.45, 2.75) is 13.0 Å². The second kappa shape index (κ2) is 8.57. The van der Waals surface area contributed by atoms with E-state index in [9.17, 15) is 9.59 Å². The number of amides is 2. The molecular formula is C25H22N2O2. The summed E-state index contributed by atoms with van der Waals surface area (Å²) in [5.41, 5.74) is 4.09. The number of fused-ring (bicyclic) bond motifs is 1. The van der Waals surface area contributed by atoms with Crippen LogP contribution in [0.25, 0.3) is 6.08 Å². The van der Waals surface area contributed by atoms with Gasteiger partial charge in [-0.05, 0) is 41.3 Å². The molecule has 0 saturated carbocycles. The highest BCUT2D eigenvalue weighted by atomic mass is 16.2. The van der Waals surface area contributed by atoms with Gasteiger partial charge in [0.15, 0.2) is 0 Å². The Bertz CT molecular complexity index is 1040. The minimum Gasteiger partial charge on any atom is -0.333 e. The number of hydrogen-bond acceptors (Lipinski definition) is 2. The van der Waals surface area contributed by atoms with Crippen molar-refractivity contribution in [3.63, 3.8) is 0 Å². The van der Waals surface area contributed by atoms with Crippen LogP contribution in [-0.4, -0.2) is 23.3 Å². The molecule has 0 radical (unpaired) electrons. The highest BCUT2D eigenvalue weighted by Gasteiger charge is 2.24. The van der Waals surface area contributed by atoms with Gasteiger partial charge in [-0.1, -0.05) is 72.8 Å². The number of carbonyl (C=O) groups excluding carboxylic acids is 2. The summed E-state index contributed by atoms with van der Waals surface area (Å²) in [6, 6.07) is 26.7. The summed E-state index contributed by atoms with van der Waals surface area (Å²) in [7, 11) is 0. The van der Waals surface area contributed by atoms with E-state index in [1.54, 1.807) is 35.2 Å². The summed E-state index contributed by atoms with van der Waals surface area (Å²) < 4.78 is 0. The van der Waals surface area contributed by atoms with E-state index in [2.05, 4.69) is 17.4 Å². The summed E-state index contributed by atoms with van der Waals surface area (Å²) in [5.74, 6) is -0.467. The Hall–Kier alpha value is -3.66. The van der Waals surface area contributed by atoms with E-state index in [0.717, 1.165) is 17.5 Å².